The third-order valence-electron chi connectivity index (χ3n) is 4.70. The molecule has 0 amide bonds. The Labute approximate surface area is 125 Å². The van der Waals surface area contributed by atoms with E-state index in [4.69, 9.17) is 9.47 Å². The van der Waals surface area contributed by atoms with Crippen molar-refractivity contribution >= 4 is 11.9 Å². The SMILES string of the molecule is CCOC(=O)CCC1=C(C)C2CCC(O)C(C)C2OC1=O. The van der Waals surface area contributed by atoms with Gasteiger partial charge in [-0.25, -0.2) is 4.79 Å². The van der Waals surface area contributed by atoms with Gasteiger partial charge in [0, 0.05) is 23.8 Å². The van der Waals surface area contributed by atoms with Crippen LogP contribution in [0.4, 0.5) is 0 Å². The van der Waals surface area contributed by atoms with Crippen LogP contribution >= 0.6 is 0 Å². The molecule has 0 aromatic rings. The van der Waals surface area contributed by atoms with Crippen LogP contribution in [-0.2, 0) is 19.1 Å². The van der Waals surface area contributed by atoms with Gasteiger partial charge < -0.3 is 14.6 Å². The summed E-state index contributed by atoms with van der Waals surface area (Å²) in [5, 5.41) is 9.92. The molecule has 0 radical (unpaired) electrons. The number of hydrogen-bond acceptors (Lipinski definition) is 5. The molecule has 1 heterocycles. The third kappa shape index (κ3) is 3.28. The molecule has 118 valence electrons. The molecule has 0 spiro atoms. The minimum atomic E-state index is -0.409. The molecule has 0 aromatic heterocycles. The van der Waals surface area contributed by atoms with Crippen molar-refractivity contribution < 1.29 is 24.2 Å². The predicted molar refractivity (Wildman–Crippen MR) is 76.3 cm³/mol. The van der Waals surface area contributed by atoms with Crippen LogP contribution in [0.25, 0.3) is 0 Å². The number of rotatable bonds is 4. The number of carbonyl (C=O) groups is 2. The highest BCUT2D eigenvalue weighted by atomic mass is 16.5. The average molecular weight is 296 g/mol. The Kier molecular flexibility index (Phi) is 5.04. The van der Waals surface area contributed by atoms with E-state index < -0.39 is 6.10 Å². The normalized spacial score (nSPS) is 32.5. The van der Waals surface area contributed by atoms with Gasteiger partial charge in [-0.2, -0.15) is 0 Å². The van der Waals surface area contributed by atoms with E-state index in [1.807, 2.05) is 13.8 Å². The zero-order valence-corrected chi connectivity index (χ0v) is 12.9. The highest BCUT2D eigenvalue weighted by Crippen LogP contribution is 2.41. The Hall–Kier alpha value is -1.36. The number of aliphatic hydroxyl groups excluding tert-OH is 1. The lowest BCUT2D eigenvalue weighted by molar-refractivity contribution is -0.159. The first-order valence-electron chi connectivity index (χ1n) is 7.70. The van der Waals surface area contributed by atoms with Gasteiger partial charge in [-0.3, -0.25) is 4.79 Å². The summed E-state index contributed by atoms with van der Waals surface area (Å²) < 4.78 is 10.4. The van der Waals surface area contributed by atoms with Crippen LogP contribution < -0.4 is 0 Å². The van der Waals surface area contributed by atoms with Crippen LogP contribution in [0.2, 0.25) is 0 Å². The lowest BCUT2D eigenvalue weighted by Gasteiger charge is -2.42. The number of fused-ring (bicyclic) bond motifs is 1. The first-order chi connectivity index (χ1) is 9.95. The zero-order chi connectivity index (χ0) is 15.6. The molecule has 1 saturated carbocycles. The van der Waals surface area contributed by atoms with Crippen molar-refractivity contribution in [3.8, 4) is 0 Å². The molecule has 2 rings (SSSR count). The number of carbonyl (C=O) groups excluding carboxylic acids is 2. The smallest absolute Gasteiger partial charge is 0.334 e. The average Bonchev–Trinajstić information content (AvgIpc) is 2.43. The van der Waals surface area contributed by atoms with Crippen LogP contribution in [0.1, 0.15) is 46.5 Å². The number of ether oxygens (including phenoxy) is 2. The van der Waals surface area contributed by atoms with Gasteiger partial charge in [0.25, 0.3) is 0 Å². The molecule has 1 aliphatic heterocycles. The van der Waals surface area contributed by atoms with E-state index in [1.54, 1.807) is 6.92 Å². The summed E-state index contributed by atoms with van der Waals surface area (Å²) in [5.74, 6) is -0.522. The Morgan fingerprint density at radius 2 is 2.14 bits per heavy atom. The van der Waals surface area contributed by atoms with Crippen LogP contribution in [0.3, 0.4) is 0 Å². The highest BCUT2D eigenvalue weighted by molar-refractivity contribution is 5.91. The molecule has 1 aliphatic carbocycles. The molecule has 4 atom stereocenters. The minimum Gasteiger partial charge on any atom is -0.466 e. The van der Waals surface area contributed by atoms with E-state index in [9.17, 15) is 14.7 Å². The molecule has 4 unspecified atom stereocenters. The maximum atomic E-state index is 12.2. The van der Waals surface area contributed by atoms with Gasteiger partial charge in [-0.15, -0.1) is 0 Å². The summed E-state index contributed by atoms with van der Waals surface area (Å²) in [6.07, 6.45) is 1.45. The molecule has 0 saturated heterocycles. The van der Waals surface area contributed by atoms with Gasteiger partial charge in [0.15, 0.2) is 0 Å². The van der Waals surface area contributed by atoms with Gasteiger partial charge >= 0.3 is 11.9 Å². The maximum absolute atomic E-state index is 12.2. The summed E-state index contributed by atoms with van der Waals surface area (Å²) in [6, 6.07) is 0. The van der Waals surface area contributed by atoms with Gasteiger partial charge in [-0.05, 0) is 33.1 Å². The van der Waals surface area contributed by atoms with Crippen molar-refractivity contribution in [2.75, 3.05) is 6.61 Å². The fourth-order valence-corrected chi connectivity index (χ4v) is 3.35. The molecule has 1 N–H and O–H groups in total. The van der Waals surface area contributed by atoms with E-state index in [0.29, 0.717) is 18.6 Å². The second kappa shape index (κ2) is 6.60. The largest absolute Gasteiger partial charge is 0.466 e. The molecule has 5 heteroatoms. The summed E-state index contributed by atoms with van der Waals surface area (Å²) in [4.78, 5) is 23.6. The Balaban J connectivity index is 2.11. The van der Waals surface area contributed by atoms with E-state index in [-0.39, 0.29) is 36.3 Å². The summed E-state index contributed by atoms with van der Waals surface area (Å²) >= 11 is 0. The topological polar surface area (TPSA) is 72.8 Å². The lowest BCUT2D eigenvalue weighted by Crippen LogP contribution is -2.46. The second-order valence-electron chi connectivity index (χ2n) is 5.95. The van der Waals surface area contributed by atoms with Gasteiger partial charge in [0.05, 0.1) is 12.7 Å². The lowest BCUT2D eigenvalue weighted by atomic mass is 9.72. The summed E-state index contributed by atoms with van der Waals surface area (Å²) in [6.45, 7) is 5.98. The predicted octanol–water partition coefficient (Wildman–Crippen LogP) is 1.98. The molecule has 0 aromatic carbocycles. The minimum absolute atomic E-state index is 0.0470. The monoisotopic (exact) mass is 296 g/mol. The molecule has 21 heavy (non-hydrogen) atoms. The van der Waals surface area contributed by atoms with E-state index in [2.05, 4.69) is 0 Å². The van der Waals surface area contributed by atoms with Gasteiger partial charge in [0.2, 0.25) is 0 Å². The zero-order valence-electron chi connectivity index (χ0n) is 12.9. The van der Waals surface area contributed by atoms with Crippen molar-refractivity contribution in [2.24, 2.45) is 11.8 Å². The Morgan fingerprint density at radius 3 is 2.81 bits per heavy atom. The van der Waals surface area contributed by atoms with Crippen LogP contribution in [-0.4, -0.2) is 35.9 Å². The Bertz CT molecular complexity index is 454. The standard InChI is InChI=1S/C16H24O5/c1-4-20-14(18)8-6-12-9(2)11-5-7-13(17)10(3)15(11)21-16(12)19/h10-11,13,15,17H,4-8H2,1-3H3. The van der Waals surface area contributed by atoms with Crippen molar-refractivity contribution in [3.63, 3.8) is 0 Å². The summed E-state index contributed by atoms with van der Waals surface area (Å²) in [7, 11) is 0. The molecule has 0 bridgehead atoms. The van der Waals surface area contributed by atoms with Gasteiger partial charge in [-0.1, -0.05) is 12.5 Å². The maximum Gasteiger partial charge on any atom is 0.334 e. The quantitative estimate of drug-likeness (QED) is 0.803. The number of aliphatic hydroxyl groups is 1. The van der Waals surface area contributed by atoms with Crippen LogP contribution in [0.15, 0.2) is 11.1 Å². The fourth-order valence-electron chi connectivity index (χ4n) is 3.35. The summed E-state index contributed by atoms with van der Waals surface area (Å²) in [5.41, 5.74) is 1.62. The molecule has 1 fully saturated rings. The first kappa shape index (κ1) is 16.0. The van der Waals surface area contributed by atoms with Gasteiger partial charge in [0.1, 0.15) is 6.10 Å². The molecule has 5 nitrogen and oxygen atoms in total. The highest BCUT2D eigenvalue weighted by Gasteiger charge is 2.43. The van der Waals surface area contributed by atoms with Crippen molar-refractivity contribution in [1.82, 2.24) is 0 Å². The van der Waals surface area contributed by atoms with E-state index in [1.165, 1.54) is 0 Å². The molecular weight excluding hydrogens is 272 g/mol. The van der Waals surface area contributed by atoms with Crippen LogP contribution in [0, 0.1) is 11.8 Å². The molecular formula is C16H24O5. The van der Waals surface area contributed by atoms with E-state index >= 15 is 0 Å². The fraction of sp³-hybridized carbons (Fsp3) is 0.750. The molecule has 2 aliphatic rings. The van der Waals surface area contributed by atoms with Crippen molar-refractivity contribution in [2.45, 2.75) is 58.7 Å². The van der Waals surface area contributed by atoms with E-state index in [0.717, 1.165) is 18.4 Å². The third-order valence-corrected chi connectivity index (χ3v) is 4.70. The number of esters is 2. The first-order valence-corrected chi connectivity index (χ1v) is 7.70. The second-order valence-corrected chi connectivity index (χ2v) is 5.95. The van der Waals surface area contributed by atoms with Crippen molar-refractivity contribution in [3.05, 3.63) is 11.1 Å². The van der Waals surface area contributed by atoms with Crippen molar-refractivity contribution in [1.29, 1.82) is 0 Å². The van der Waals surface area contributed by atoms with Crippen LogP contribution in [0.5, 0.6) is 0 Å². The number of hydrogen-bond donors (Lipinski definition) is 1. The Morgan fingerprint density at radius 1 is 1.43 bits per heavy atom.